The molecule has 0 radical (unpaired) electrons. The van der Waals surface area contributed by atoms with E-state index in [2.05, 4.69) is 46.5 Å². The highest BCUT2D eigenvalue weighted by atomic mass is 127. The van der Waals surface area contributed by atoms with Gasteiger partial charge in [-0.05, 0) is 37.5 Å². The van der Waals surface area contributed by atoms with Crippen LogP contribution in [-0.2, 0) is 9.47 Å². The molecule has 0 aromatic heterocycles. The second-order valence-electron chi connectivity index (χ2n) is 8.14. The Morgan fingerprint density at radius 2 is 1.36 bits per heavy atom. The third-order valence-corrected chi connectivity index (χ3v) is 10.3. The fraction of sp³-hybridized carbons (Fsp3) is 1.00. The molecule has 0 saturated carbocycles. The van der Waals surface area contributed by atoms with Gasteiger partial charge in [0.2, 0.25) is 0 Å². The topological polar surface area (TPSA) is 18.5 Å². The maximum absolute atomic E-state index is 5.61. The summed E-state index contributed by atoms with van der Waals surface area (Å²) in [7, 11) is 0. The molecule has 0 fully saturated rings. The summed E-state index contributed by atoms with van der Waals surface area (Å²) in [6.45, 7) is 11.7. The highest BCUT2D eigenvalue weighted by Crippen LogP contribution is 2.25. The summed E-state index contributed by atoms with van der Waals surface area (Å²) in [5.41, 5.74) is 0. The zero-order valence-corrected chi connectivity index (χ0v) is 21.1. The minimum absolute atomic E-state index is 0.159. The predicted molar refractivity (Wildman–Crippen MR) is 121 cm³/mol. The summed E-state index contributed by atoms with van der Waals surface area (Å²) in [4.78, 5) is 0. The van der Waals surface area contributed by atoms with Gasteiger partial charge in [-0.1, -0.05) is 72.6 Å². The summed E-state index contributed by atoms with van der Waals surface area (Å²) >= 11 is 2.80. The van der Waals surface area contributed by atoms with Crippen LogP contribution in [0.2, 0.25) is 4.05 Å². The second kappa shape index (κ2) is 20.2. The molecular weight excluding hydrogens is 435 g/mol. The van der Waals surface area contributed by atoms with E-state index in [1.807, 2.05) is 0 Å². The van der Waals surface area contributed by atoms with Crippen molar-refractivity contribution in [3.8, 4) is 0 Å². The Kier molecular flexibility index (Phi) is 21.3. The minimum Gasteiger partial charge on any atom is -0.355 e. The molecule has 0 heterocycles. The van der Waals surface area contributed by atoms with Gasteiger partial charge >= 0.3 is 16.5 Å². The molecule has 0 bridgehead atoms. The van der Waals surface area contributed by atoms with Gasteiger partial charge in [-0.15, -0.1) is 4.05 Å². The zero-order valence-electron chi connectivity index (χ0n) is 17.5. The zero-order chi connectivity index (χ0) is 18.8. The van der Waals surface area contributed by atoms with Crippen LogP contribution in [0.25, 0.3) is 0 Å². The highest BCUT2D eigenvalue weighted by molar-refractivity contribution is 14.1. The number of halogens is 1. The van der Waals surface area contributed by atoms with Gasteiger partial charge < -0.3 is 28.3 Å². The van der Waals surface area contributed by atoms with Crippen LogP contribution in [0.15, 0.2) is 0 Å². The Balaban J connectivity index is 3.27. The Labute approximate surface area is 178 Å². The van der Waals surface area contributed by atoms with Crippen molar-refractivity contribution in [1.82, 2.24) is 0 Å². The van der Waals surface area contributed by atoms with Gasteiger partial charge in [-0.3, -0.25) is 0 Å². The lowest BCUT2D eigenvalue weighted by molar-refractivity contribution is -0.0561. The molecule has 0 saturated heterocycles. The molecular formula is C21H43IMgO2. The fourth-order valence-electron chi connectivity index (χ4n) is 3.52. The Hall–Kier alpha value is 1.42. The number of hydrogen-bond donors (Lipinski definition) is 0. The minimum atomic E-state index is 0.159. The predicted octanol–water partition coefficient (Wildman–Crippen LogP) is 7.42. The first-order valence-electron chi connectivity index (χ1n) is 10.8. The van der Waals surface area contributed by atoms with Crippen molar-refractivity contribution in [3.63, 3.8) is 0 Å². The van der Waals surface area contributed by atoms with Gasteiger partial charge in [0, 0.05) is 13.2 Å². The monoisotopic (exact) mass is 478 g/mol. The highest BCUT2D eigenvalue weighted by Gasteiger charge is 2.13. The lowest BCUT2D eigenvalue weighted by Crippen LogP contribution is -2.08. The fourth-order valence-corrected chi connectivity index (χ4v) is 5.30. The molecule has 0 rings (SSSR count). The van der Waals surface area contributed by atoms with Crippen molar-refractivity contribution in [1.29, 1.82) is 0 Å². The molecule has 0 aromatic carbocycles. The van der Waals surface area contributed by atoms with Crippen molar-refractivity contribution < 1.29 is 9.47 Å². The molecule has 0 N–H and O–H groups in total. The third kappa shape index (κ3) is 20.0. The van der Waals surface area contributed by atoms with Crippen LogP contribution in [0.5, 0.6) is 0 Å². The summed E-state index contributed by atoms with van der Waals surface area (Å²) in [6, 6.07) is 0. The Morgan fingerprint density at radius 1 is 0.760 bits per heavy atom. The lowest BCUT2D eigenvalue weighted by Gasteiger charge is -2.19. The van der Waals surface area contributed by atoms with Gasteiger partial charge in [0.05, 0.1) is 0 Å². The first-order valence-corrected chi connectivity index (χ1v) is 16.7. The van der Waals surface area contributed by atoms with Crippen molar-refractivity contribution in [2.24, 2.45) is 11.8 Å². The van der Waals surface area contributed by atoms with Crippen LogP contribution in [-0.4, -0.2) is 36.5 Å². The van der Waals surface area contributed by atoms with E-state index in [-0.39, 0.29) is 16.5 Å². The normalized spacial score (nSPS) is 14.9. The van der Waals surface area contributed by atoms with Gasteiger partial charge in [-0.25, -0.2) is 0 Å². The number of rotatable bonds is 19. The quantitative estimate of drug-likeness (QED) is 0.0832. The van der Waals surface area contributed by atoms with E-state index >= 15 is 0 Å². The van der Waals surface area contributed by atoms with E-state index in [0.29, 0.717) is 6.79 Å². The van der Waals surface area contributed by atoms with Crippen molar-refractivity contribution in [3.05, 3.63) is 0 Å². The van der Waals surface area contributed by atoms with Crippen molar-refractivity contribution in [2.75, 3.05) is 20.0 Å². The van der Waals surface area contributed by atoms with Crippen LogP contribution >= 0.6 is 18.9 Å². The molecule has 0 aliphatic carbocycles. The maximum Gasteiger partial charge on any atom is 0.466 e. The number of ether oxygens (including phenoxy) is 2. The van der Waals surface area contributed by atoms with E-state index in [0.717, 1.165) is 29.1 Å². The van der Waals surface area contributed by atoms with Crippen LogP contribution in [0.4, 0.5) is 0 Å². The third-order valence-electron chi connectivity index (χ3n) is 4.92. The molecule has 148 valence electrons. The first-order chi connectivity index (χ1) is 12.1. The standard InChI is InChI=1S/C21H43O2.HI.Mg/c1-5-7-8-9-10-11-12-16-22-19-23-17-13-15-21(4)18-20(3)14-6-2;;/h6,20-21H,5,7-19H2,1-4H3;1H;/q;;+1/p-1. The van der Waals surface area contributed by atoms with Crippen LogP contribution in [0.1, 0.15) is 98.3 Å². The molecule has 0 amide bonds. The van der Waals surface area contributed by atoms with Crippen molar-refractivity contribution in [2.45, 2.75) is 102 Å². The number of unbranched alkanes of at least 4 members (excludes halogenated alkanes) is 6. The SMILES string of the molecule is CCCCCCCCCOCOCCCC(C)CC(C)C[CH](C)[Mg][I]. The van der Waals surface area contributed by atoms with E-state index in [1.54, 1.807) is 0 Å². The Morgan fingerprint density at radius 3 is 2.00 bits per heavy atom. The molecule has 4 heteroatoms. The average Bonchev–Trinajstić information content (AvgIpc) is 2.58. The molecule has 3 unspecified atom stereocenters. The molecule has 2 nitrogen and oxygen atoms in total. The van der Waals surface area contributed by atoms with Crippen LogP contribution in [0, 0.1) is 11.8 Å². The lowest BCUT2D eigenvalue weighted by atomic mass is 9.91. The summed E-state index contributed by atoms with van der Waals surface area (Å²) < 4.78 is 12.2. The van der Waals surface area contributed by atoms with Crippen LogP contribution in [0.3, 0.4) is 0 Å². The maximum atomic E-state index is 5.61. The van der Waals surface area contributed by atoms with E-state index in [9.17, 15) is 0 Å². The summed E-state index contributed by atoms with van der Waals surface area (Å²) in [5, 5.41) is 0. The van der Waals surface area contributed by atoms with E-state index in [1.165, 1.54) is 70.6 Å². The average molecular weight is 479 g/mol. The molecule has 0 aromatic rings. The number of hydrogen-bond acceptors (Lipinski definition) is 2. The van der Waals surface area contributed by atoms with Crippen LogP contribution < -0.4 is 0 Å². The van der Waals surface area contributed by atoms with Gasteiger partial charge in [0.1, 0.15) is 6.79 Å². The summed E-state index contributed by atoms with van der Waals surface area (Å²) in [6.07, 6.45) is 14.6. The van der Waals surface area contributed by atoms with E-state index in [4.69, 9.17) is 9.47 Å². The molecule has 3 atom stereocenters. The Bertz CT molecular complexity index is 266. The molecule has 0 aliphatic rings. The first kappa shape index (κ1) is 26.4. The van der Waals surface area contributed by atoms with Gasteiger partial charge in [-0.2, -0.15) is 0 Å². The summed E-state index contributed by atoms with van der Waals surface area (Å²) in [5.74, 6) is 1.72. The van der Waals surface area contributed by atoms with Gasteiger partial charge in [0.25, 0.3) is 0 Å². The smallest absolute Gasteiger partial charge is 0.355 e. The largest absolute Gasteiger partial charge is 0.466 e. The van der Waals surface area contributed by atoms with E-state index < -0.39 is 0 Å². The van der Waals surface area contributed by atoms with Gasteiger partial charge in [0.15, 0.2) is 0 Å². The van der Waals surface area contributed by atoms with Crippen molar-refractivity contribution >= 4 is 35.3 Å². The molecule has 0 aliphatic heterocycles. The molecule has 0 spiro atoms. The molecule has 25 heavy (non-hydrogen) atoms. The second-order valence-corrected chi connectivity index (χ2v) is 12.5.